The Hall–Kier alpha value is -1.90. The zero-order chi connectivity index (χ0) is 18.3. The molecular weight excluding hydrogens is 358 g/mol. The van der Waals surface area contributed by atoms with Gasteiger partial charge in [-0.3, -0.25) is 4.79 Å². The Morgan fingerprint density at radius 3 is 2.36 bits per heavy atom. The monoisotopic (exact) mass is 379 g/mol. The predicted octanol–water partition coefficient (Wildman–Crippen LogP) is 2.84. The normalized spacial score (nSPS) is 11.5. The van der Waals surface area contributed by atoms with Crippen LogP contribution in [0.1, 0.15) is 13.8 Å². The molecule has 0 atom stereocenters. The van der Waals surface area contributed by atoms with Crippen molar-refractivity contribution in [1.82, 2.24) is 9.29 Å². The summed E-state index contributed by atoms with van der Waals surface area (Å²) in [6, 6.07) is 12.3. The van der Waals surface area contributed by atoms with Crippen LogP contribution in [0.5, 0.6) is 0 Å². The minimum absolute atomic E-state index is 0.141. The maximum atomic E-state index is 12.4. The Bertz CT molecular complexity index is 790. The number of anilines is 1. The fourth-order valence-corrected chi connectivity index (χ4v) is 4.22. The highest BCUT2D eigenvalue weighted by molar-refractivity contribution is 7.99. The molecule has 0 aliphatic rings. The molecule has 1 aromatic heterocycles. The standard InChI is InChI=1S/C17H21N3O3S2/c1-3-20(4-2)25(22,23)15-10-11-17(18-12-15)24-13-16(21)19-14-8-6-5-7-9-14/h5-12H,3-4,13H2,1-2H3,(H,19,21). The molecule has 2 aromatic rings. The van der Waals surface area contributed by atoms with Crippen molar-refractivity contribution in [2.75, 3.05) is 24.2 Å². The molecule has 0 aliphatic carbocycles. The SMILES string of the molecule is CCN(CC)S(=O)(=O)c1ccc(SCC(=O)Nc2ccccc2)nc1. The van der Waals surface area contributed by atoms with E-state index >= 15 is 0 Å². The smallest absolute Gasteiger partial charge is 0.244 e. The van der Waals surface area contributed by atoms with Gasteiger partial charge in [-0.1, -0.05) is 43.8 Å². The minimum Gasteiger partial charge on any atom is -0.325 e. The average molecular weight is 380 g/mol. The van der Waals surface area contributed by atoms with Crippen LogP contribution in [0.3, 0.4) is 0 Å². The average Bonchev–Trinajstić information content (AvgIpc) is 2.62. The molecule has 25 heavy (non-hydrogen) atoms. The number of thioether (sulfide) groups is 1. The number of hydrogen-bond donors (Lipinski definition) is 1. The first-order valence-electron chi connectivity index (χ1n) is 7.91. The van der Waals surface area contributed by atoms with Gasteiger partial charge in [-0.05, 0) is 24.3 Å². The van der Waals surface area contributed by atoms with E-state index in [-0.39, 0.29) is 16.6 Å². The van der Waals surface area contributed by atoms with Crippen molar-refractivity contribution in [1.29, 1.82) is 0 Å². The number of para-hydroxylation sites is 1. The highest BCUT2D eigenvalue weighted by Gasteiger charge is 2.21. The van der Waals surface area contributed by atoms with E-state index in [1.165, 1.54) is 28.3 Å². The Kier molecular flexibility index (Phi) is 6.98. The first kappa shape index (κ1) is 19.4. The quantitative estimate of drug-likeness (QED) is 0.714. The summed E-state index contributed by atoms with van der Waals surface area (Å²) in [5, 5.41) is 3.39. The molecule has 0 saturated heterocycles. The van der Waals surface area contributed by atoms with Crippen LogP contribution >= 0.6 is 11.8 Å². The lowest BCUT2D eigenvalue weighted by atomic mass is 10.3. The molecule has 1 aromatic carbocycles. The van der Waals surface area contributed by atoms with Gasteiger partial charge in [0.15, 0.2) is 0 Å². The van der Waals surface area contributed by atoms with Gasteiger partial charge in [-0.2, -0.15) is 4.31 Å². The number of hydrogen-bond acceptors (Lipinski definition) is 5. The summed E-state index contributed by atoms with van der Waals surface area (Å²) >= 11 is 1.26. The van der Waals surface area contributed by atoms with Gasteiger partial charge < -0.3 is 5.32 Å². The topological polar surface area (TPSA) is 79.4 Å². The van der Waals surface area contributed by atoms with E-state index in [4.69, 9.17) is 0 Å². The number of benzene rings is 1. The fraction of sp³-hybridized carbons (Fsp3) is 0.294. The van der Waals surface area contributed by atoms with Gasteiger partial charge in [-0.15, -0.1) is 0 Å². The van der Waals surface area contributed by atoms with Crippen LogP contribution in [-0.4, -0.2) is 42.5 Å². The van der Waals surface area contributed by atoms with Crippen molar-refractivity contribution >= 4 is 33.4 Å². The molecule has 1 N–H and O–H groups in total. The third-order valence-corrected chi connectivity index (χ3v) is 6.44. The summed E-state index contributed by atoms with van der Waals surface area (Å²) in [5.74, 6) is 0.0576. The number of pyridine rings is 1. The third kappa shape index (κ3) is 5.29. The summed E-state index contributed by atoms with van der Waals surface area (Å²) in [4.78, 5) is 16.2. The van der Waals surface area contributed by atoms with Crippen molar-refractivity contribution in [3.05, 3.63) is 48.7 Å². The van der Waals surface area contributed by atoms with Gasteiger partial charge in [0, 0.05) is 25.0 Å². The fourth-order valence-electron chi connectivity index (χ4n) is 2.18. The molecule has 2 rings (SSSR count). The first-order chi connectivity index (χ1) is 12.0. The maximum Gasteiger partial charge on any atom is 0.244 e. The largest absolute Gasteiger partial charge is 0.325 e. The number of carbonyl (C=O) groups excluding carboxylic acids is 1. The van der Waals surface area contributed by atoms with Gasteiger partial charge in [0.05, 0.1) is 10.8 Å². The lowest BCUT2D eigenvalue weighted by Crippen LogP contribution is -2.30. The Balaban J connectivity index is 1.95. The van der Waals surface area contributed by atoms with E-state index in [0.717, 1.165) is 5.69 Å². The molecule has 0 aliphatic heterocycles. The van der Waals surface area contributed by atoms with E-state index in [2.05, 4.69) is 10.3 Å². The van der Waals surface area contributed by atoms with Crippen LogP contribution in [-0.2, 0) is 14.8 Å². The molecule has 0 radical (unpaired) electrons. The summed E-state index contributed by atoms with van der Waals surface area (Å²) in [6.45, 7) is 4.41. The molecule has 1 heterocycles. The van der Waals surface area contributed by atoms with E-state index in [0.29, 0.717) is 18.1 Å². The van der Waals surface area contributed by atoms with E-state index < -0.39 is 10.0 Å². The van der Waals surface area contributed by atoms with Crippen LogP contribution < -0.4 is 5.32 Å². The van der Waals surface area contributed by atoms with Crippen molar-refractivity contribution in [2.45, 2.75) is 23.8 Å². The Morgan fingerprint density at radius 1 is 1.12 bits per heavy atom. The number of amides is 1. The zero-order valence-corrected chi connectivity index (χ0v) is 15.8. The highest BCUT2D eigenvalue weighted by atomic mass is 32.2. The molecule has 6 nitrogen and oxygen atoms in total. The molecule has 0 fully saturated rings. The number of sulfonamides is 1. The molecule has 0 saturated carbocycles. The van der Waals surface area contributed by atoms with Crippen molar-refractivity contribution in [3.63, 3.8) is 0 Å². The van der Waals surface area contributed by atoms with Gasteiger partial charge in [0.2, 0.25) is 15.9 Å². The number of carbonyl (C=O) groups is 1. The van der Waals surface area contributed by atoms with Crippen molar-refractivity contribution in [2.24, 2.45) is 0 Å². The molecule has 0 spiro atoms. The van der Waals surface area contributed by atoms with Crippen LogP contribution in [0.2, 0.25) is 0 Å². The van der Waals surface area contributed by atoms with Crippen LogP contribution in [0.4, 0.5) is 5.69 Å². The number of nitrogens with one attached hydrogen (secondary N) is 1. The van der Waals surface area contributed by atoms with Gasteiger partial charge in [0.25, 0.3) is 0 Å². The van der Waals surface area contributed by atoms with Crippen LogP contribution in [0, 0.1) is 0 Å². The second-order valence-corrected chi connectivity index (χ2v) is 8.06. The Labute approximate surface area is 152 Å². The summed E-state index contributed by atoms with van der Waals surface area (Å²) in [5.41, 5.74) is 0.738. The van der Waals surface area contributed by atoms with Crippen molar-refractivity contribution in [3.8, 4) is 0 Å². The van der Waals surface area contributed by atoms with Crippen LogP contribution in [0.25, 0.3) is 0 Å². The van der Waals surface area contributed by atoms with E-state index in [9.17, 15) is 13.2 Å². The molecule has 1 amide bonds. The lowest BCUT2D eigenvalue weighted by Gasteiger charge is -2.18. The Morgan fingerprint density at radius 2 is 1.80 bits per heavy atom. The molecule has 0 bridgehead atoms. The maximum absolute atomic E-state index is 12.4. The van der Waals surface area contributed by atoms with Crippen LogP contribution in [0.15, 0.2) is 58.6 Å². The minimum atomic E-state index is -3.51. The van der Waals surface area contributed by atoms with Gasteiger partial charge >= 0.3 is 0 Å². The lowest BCUT2D eigenvalue weighted by molar-refractivity contribution is -0.113. The summed E-state index contributed by atoms with van der Waals surface area (Å²) < 4.78 is 26.2. The van der Waals surface area contributed by atoms with Crippen molar-refractivity contribution < 1.29 is 13.2 Å². The van der Waals surface area contributed by atoms with Gasteiger partial charge in [-0.25, -0.2) is 13.4 Å². The number of aromatic nitrogens is 1. The van der Waals surface area contributed by atoms with E-state index in [1.54, 1.807) is 19.9 Å². The second-order valence-electron chi connectivity index (χ2n) is 5.12. The highest BCUT2D eigenvalue weighted by Crippen LogP contribution is 2.20. The summed E-state index contributed by atoms with van der Waals surface area (Å²) in [6.07, 6.45) is 1.34. The first-order valence-corrected chi connectivity index (χ1v) is 10.3. The molecule has 0 unspecified atom stereocenters. The number of rotatable bonds is 8. The second kappa shape index (κ2) is 8.98. The number of nitrogens with zero attached hydrogens (tertiary/aromatic N) is 2. The zero-order valence-electron chi connectivity index (χ0n) is 14.2. The predicted molar refractivity (Wildman–Crippen MR) is 100 cm³/mol. The molecule has 8 heteroatoms. The molecule has 134 valence electrons. The molecular formula is C17H21N3O3S2. The van der Waals surface area contributed by atoms with E-state index in [1.807, 2.05) is 30.3 Å². The van der Waals surface area contributed by atoms with Gasteiger partial charge in [0.1, 0.15) is 4.90 Å². The third-order valence-electron chi connectivity index (χ3n) is 3.46. The summed E-state index contributed by atoms with van der Waals surface area (Å²) in [7, 11) is -3.51.